The molecule has 1 aromatic rings. The molecule has 0 saturated carbocycles. The lowest BCUT2D eigenvalue weighted by atomic mass is 10.1. The van der Waals surface area contributed by atoms with E-state index in [9.17, 15) is 35.9 Å². The van der Waals surface area contributed by atoms with Gasteiger partial charge in [0.1, 0.15) is 0 Å². The Balaban J connectivity index is 3.41. The number of ether oxygens (including phenoxy) is 2. The lowest BCUT2D eigenvalue weighted by Crippen LogP contribution is -2.69. The SMILES string of the molecule is COC(=O)[C@@](NC(=O)OC(C)C)(Nc1cccc(C(F)(F)F)c1)C(F)(F)F. The van der Waals surface area contributed by atoms with Crippen LogP contribution in [0.4, 0.5) is 36.8 Å². The molecule has 0 unspecified atom stereocenters. The summed E-state index contributed by atoms with van der Waals surface area (Å²) in [6.45, 7) is 2.68. The van der Waals surface area contributed by atoms with E-state index >= 15 is 0 Å². The average molecular weight is 402 g/mol. The predicted octanol–water partition coefficient (Wildman–Crippen LogP) is 3.68. The van der Waals surface area contributed by atoms with E-state index in [2.05, 4.69) is 9.47 Å². The minimum atomic E-state index is -5.50. The zero-order valence-corrected chi connectivity index (χ0v) is 14.3. The molecule has 12 heteroatoms. The van der Waals surface area contributed by atoms with Crippen LogP contribution in [0, 0.1) is 0 Å². The van der Waals surface area contributed by atoms with Crippen molar-refractivity contribution in [2.24, 2.45) is 0 Å². The number of amides is 1. The van der Waals surface area contributed by atoms with E-state index in [1.807, 2.05) is 0 Å². The van der Waals surface area contributed by atoms with Gasteiger partial charge < -0.3 is 14.8 Å². The maximum atomic E-state index is 13.7. The van der Waals surface area contributed by atoms with Crippen LogP contribution >= 0.6 is 0 Å². The van der Waals surface area contributed by atoms with Crippen LogP contribution in [-0.4, -0.2) is 37.1 Å². The molecule has 0 fully saturated rings. The van der Waals surface area contributed by atoms with E-state index in [1.165, 1.54) is 19.2 Å². The summed E-state index contributed by atoms with van der Waals surface area (Å²) in [7, 11) is 0.617. The van der Waals surface area contributed by atoms with Gasteiger partial charge in [0, 0.05) is 5.69 Å². The molecule has 0 aliphatic rings. The third-order valence-electron chi connectivity index (χ3n) is 3.07. The highest BCUT2D eigenvalue weighted by molar-refractivity contribution is 5.89. The number of carbonyl (C=O) groups excluding carboxylic acids is 2. The van der Waals surface area contributed by atoms with E-state index < -0.39 is 47.4 Å². The summed E-state index contributed by atoms with van der Waals surface area (Å²) in [5.41, 5.74) is -5.88. The number of anilines is 1. The van der Waals surface area contributed by atoms with Crippen LogP contribution in [0.5, 0.6) is 0 Å². The van der Waals surface area contributed by atoms with Crippen molar-refractivity contribution in [3.63, 3.8) is 0 Å². The molecule has 1 rings (SSSR count). The van der Waals surface area contributed by atoms with Crippen LogP contribution < -0.4 is 10.6 Å². The number of hydrogen-bond donors (Lipinski definition) is 2. The second-order valence-electron chi connectivity index (χ2n) is 5.52. The van der Waals surface area contributed by atoms with Crippen LogP contribution in [0.2, 0.25) is 0 Å². The van der Waals surface area contributed by atoms with Gasteiger partial charge >= 0.3 is 30.1 Å². The molecule has 0 heterocycles. The summed E-state index contributed by atoms with van der Waals surface area (Å²) >= 11 is 0. The number of methoxy groups -OCH3 is 1. The first kappa shape index (κ1) is 22.4. The average Bonchev–Trinajstić information content (AvgIpc) is 2.51. The molecule has 1 aromatic carbocycles. The Morgan fingerprint density at radius 3 is 2.11 bits per heavy atom. The number of halogens is 6. The Morgan fingerprint density at radius 2 is 1.67 bits per heavy atom. The smallest absolute Gasteiger partial charge is 0.442 e. The van der Waals surface area contributed by atoms with Crippen molar-refractivity contribution in [2.45, 2.75) is 38.0 Å². The standard InChI is InChI=1S/C15H16F6N2O4/c1-8(2)27-12(25)23-13(11(24)26-3,15(19,20)21)22-10-6-4-5-9(7-10)14(16,17)18/h4-8,22H,1-3H3,(H,23,25)/t13-/m0/s1. The first-order chi connectivity index (χ1) is 12.2. The lowest BCUT2D eigenvalue weighted by molar-refractivity contribution is -0.204. The minimum Gasteiger partial charge on any atom is -0.466 e. The molecule has 0 spiro atoms. The Hall–Kier alpha value is -2.66. The molecule has 0 aromatic heterocycles. The van der Waals surface area contributed by atoms with Gasteiger partial charge in [-0.3, -0.25) is 5.32 Å². The molecule has 1 amide bonds. The van der Waals surface area contributed by atoms with Gasteiger partial charge in [-0.25, -0.2) is 9.59 Å². The summed E-state index contributed by atoms with van der Waals surface area (Å²) in [6, 6.07) is 2.65. The summed E-state index contributed by atoms with van der Waals surface area (Å²) in [4.78, 5) is 23.6. The Kier molecular flexibility index (Phi) is 6.57. The van der Waals surface area contributed by atoms with E-state index in [0.717, 1.165) is 12.1 Å². The fourth-order valence-corrected chi connectivity index (χ4v) is 1.93. The van der Waals surface area contributed by atoms with Crippen molar-refractivity contribution in [1.82, 2.24) is 5.32 Å². The maximum Gasteiger partial charge on any atom is 0.442 e. The number of carbonyl (C=O) groups is 2. The second kappa shape index (κ2) is 7.92. The van der Waals surface area contributed by atoms with Crippen LogP contribution in [0.3, 0.4) is 0 Å². The number of esters is 1. The van der Waals surface area contributed by atoms with Crippen LogP contribution in [0.1, 0.15) is 19.4 Å². The molecule has 0 bridgehead atoms. The Labute approximate surface area is 149 Å². The number of alkyl carbamates (subject to hydrolysis) is 1. The molecule has 27 heavy (non-hydrogen) atoms. The molecule has 2 N–H and O–H groups in total. The fraction of sp³-hybridized carbons (Fsp3) is 0.467. The minimum absolute atomic E-state index is 0.346. The highest BCUT2D eigenvalue weighted by Gasteiger charge is 2.64. The molecule has 0 radical (unpaired) electrons. The van der Waals surface area contributed by atoms with Gasteiger partial charge in [-0.2, -0.15) is 26.3 Å². The Bertz CT molecular complexity index is 690. The first-order valence-electron chi connectivity index (χ1n) is 7.32. The fourth-order valence-electron chi connectivity index (χ4n) is 1.93. The van der Waals surface area contributed by atoms with Crippen LogP contribution in [-0.2, 0) is 20.4 Å². The maximum absolute atomic E-state index is 13.7. The number of rotatable bonds is 5. The van der Waals surface area contributed by atoms with Crippen molar-refractivity contribution in [1.29, 1.82) is 0 Å². The molecular weight excluding hydrogens is 386 g/mol. The van der Waals surface area contributed by atoms with Gasteiger partial charge in [0.2, 0.25) is 0 Å². The van der Waals surface area contributed by atoms with Gasteiger partial charge in [-0.05, 0) is 32.0 Å². The van der Waals surface area contributed by atoms with Crippen LogP contribution in [0.25, 0.3) is 0 Å². The van der Waals surface area contributed by atoms with E-state index in [4.69, 9.17) is 0 Å². The zero-order valence-electron chi connectivity index (χ0n) is 14.3. The van der Waals surface area contributed by atoms with Gasteiger partial charge in [0.25, 0.3) is 0 Å². The van der Waals surface area contributed by atoms with E-state index in [1.54, 1.807) is 5.32 Å². The quantitative estimate of drug-likeness (QED) is 0.446. The predicted molar refractivity (Wildman–Crippen MR) is 80.6 cm³/mol. The van der Waals surface area contributed by atoms with Gasteiger partial charge in [-0.15, -0.1) is 0 Å². The molecular formula is C15H16F6N2O4. The van der Waals surface area contributed by atoms with Gasteiger partial charge in [0.15, 0.2) is 0 Å². The summed E-state index contributed by atoms with van der Waals surface area (Å²) in [6.07, 6.45) is -12.8. The number of alkyl halides is 6. The van der Waals surface area contributed by atoms with E-state index in [-0.39, 0.29) is 0 Å². The first-order valence-corrected chi connectivity index (χ1v) is 7.32. The second-order valence-corrected chi connectivity index (χ2v) is 5.52. The summed E-state index contributed by atoms with van der Waals surface area (Å²) in [5.74, 6) is -2.01. The largest absolute Gasteiger partial charge is 0.466 e. The molecule has 0 aliphatic heterocycles. The van der Waals surface area contributed by atoms with Crippen molar-refractivity contribution < 1.29 is 45.4 Å². The number of nitrogens with one attached hydrogen (secondary N) is 2. The molecule has 152 valence electrons. The third kappa shape index (κ3) is 5.41. The van der Waals surface area contributed by atoms with Crippen molar-refractivity contribution >= 4 is 17.7 Å². The zero-order chi connectivity index (χ0) is 21.0. The topological polar surface area (TPSA) is 76.7 Å². The normalized spacial score (nSPS) is 14.3. The Morgan fingerprint density at radius 1 is 1.07 bits per heavy atom. The molecule has 0 aliphatic carbocycles. The van der Waals surface area contributed by atoms with Crippen molar-refractivity contribution in [2.75, 3.05) is 12.4 Å². The highest BCUT2D eigenvalue weighted by atomic mass is 19.4. The number of hydrogen-bond acceptors (Lipinski definition) is 5. The lowest BCUT2D eigenvalue weighted by Gasteiger charge is -2.34. The van der Waals surface area contributed by atoms with Crippen molar-refractivity contribution in [3.05, 3.63) is 29.8 Å². The summed E-state index contributed by atoms with van der Waals surface area (Å²) < 4.78 is 88.0. The van der Waals surface area contributed by atoms with Gasteiger partial charge in [-0.1, -0.05) is 6.07 Å². The summed E-state index contributed by atoms with van der Waals surface area (Å²) in [5, 5.41) is 2.89. The molecule has 1 atom stereocenters. The highest BCUT2D eigenvalue weighted by Crippen LogP contribution is 2.35. The van der Waals surface area contributed by atoms with Gasteiger partial charge in [0.05, 0.1) is 18.8 Å². The van der Waals surface area contributed by atoms with Crippen LogP contribution in [0.15, 0.2) is 24.3 Å². The monoisotopic (exact) mass is 402 g/mol. The molecule has 0 saturated heterocycles. The third-order valence-corrected chi connectivity index (χ3v) is 3.07. The van der Waals surface area contributed by atoms with E-state index in [0.29, 0.717) is 19.2 Å². The number of benzene rings is 1. The van der Waals surface area contributed by atoms with Crippen molar-refractivity contribution in [3.8, 4) is 0 Å². The molecule has 6 nitrogen and oxygen atoms in total.